The molecular formula is C23H28N6O2. The first-order chi connectivity index (χ1) is 14.9. The number of nitrogens with zero attached hydrogens (tertiary/aromatic N) is 3. The van der Waals surface area contributed by atoms with Crippen LogP contribution in [0.2, 0.25) is 0 Å². The number of amides is 1. The Balaban J connectivity index is 1.34. The first-order valence-electron chi connectivity index (χ1n) is 10.4. The van der Waals surface area contributed by atoms with Crippen LogP contribution in [-0.4, -0.2) is 45.9 Å². The van der Waals surface area contributed by atoms with Crippen molar-refractivity contribution in [3.05, 3.63) is 59.5 Å². The van der Waals surface area contributed by atoms with Crippen LogP contribution in [-0.2, 0) is 7.05 Å². The second kappa shape index (κ2) is 8.77. The van der Waals surface area contributed by atoms with E-state index in [0.29, 0.717) is 18.7 Å². The Morgan fingerprint density at radius 2 is 2.10 bits per heavy atom. The highest BCUT2D eigenvalue weighted by molar-refractivity contribution is 5.99. The lowest BCUT2D eigenvalue weighted by Crippen LogP contribution is -2.36. The molecule has 162 valence electrons. The smallest absolute Gasteiger partial charge is 0.255 e. The van der Waals surface area contributed by atoms with Gasteiger partial charge in [0.05, 0.1) is 11.8 Å². The topological polar surface area (TPSA) is 107 Å². The van der Waals surface area contributed by atoms with Crippen molar-refractivity contribution in [1.29, 1.82) is 0 Å². The molecule has 0 aliphatic carbocycles. The van der Waals surface area contributed by atoms with Crippen molar-refractivity contribution >= 4 is 11.7 Å². The normalized spacial score (nSPS) is 18.2. The summed E-state index contributed by atoms with van der Waals surface area (Å²) in [6.45, 7) is 5.39. The van der Waals surface area contributed by atoms with E-state index in [1.54, 1.807) is 23.1 Å². The molecule has 8 nitrogen and oxygen atoms in total. The molecule has 2 aromatic heterocycles. The van der Waals surface area contributed by atoms with E-state index in [0.717, 1.165) is 23.3 Å². The average molecular weight is 421 g/mol. The fraction of sp³-hybridized carbons (Fsp3) is 0.348. The standard InChI is InChI=1S/C23H28N6O2/c1-14-4-5-20(6-15(14)2)31-13-19-8-18(11-25-19)28-23(30)21-7-16(9-26-22(21)24)17-10-27-29(3)12-17/h4-7,9-10,12,18-19,25H,8,11,13H2,1-3H3,(H2,24,26)(H,28,30)/t18-,19-/m0/s1. The molecule has 31 heavy (non-hydrogen) atoms. The largest absolute Gasteiger partial charge is 0.492 e. The Hall–Kier alpha value is -3.39. The van der Waals surface area contributed by atoms with E-state index in [4.69, 9.17) is 10.5 Å². The Kier molecular flexibility index (Phi) is 5.90. The number of carbonyl (C=O) groups is 1. The number of hydrogen-bond acceptors (Lipinski definition) is 6. The van der Waals surface area contributed by atoms with Gasteiger partial charge in [0.2, 0.25) is 0 Å². The van der Waals surface area contributed by atoms with Gasteiger partial charge in [-0.3, -0.25) is 9.48 Å². The molecule has 1 aliphatic heterocycles. The molecule has 0 spiro atoms. The zero-order valence-corrected chi connectivity index (χ0v) is 18.1. The summed E-state index contributed by atoms with van der Waals surface area (Å²) in [6.07, 6.45) is 6.04. The lowest BCUT2D eigenvalue weighted by molar-refractivity contribution is 0.0940. The molecule has 1 aromatic carbocycles. The van der Waals surface area contributed by atoms with Crippen LogP contribution in [0, 0.1) is 13.8 Å². The molecule has 4 N–H and O–H groups in total. The number of nitrogens with one attached hydrogen (secondary N) is 2. The van der Waals surface area contributed by atoms with Gasteiger partial charge in [0, 0.05) is 49.2 Å². The van der Waals surface area contributed by atoms with Crippen LogP contribution in [0.15, 0.2) is 42.9 Å². The summed E-state index contributed by atoms with van der Waals surface area (Å²) in [5.74, 6) is 0.854. The van der Waals surface area contributed by atoms with Crippen molar-refractivity contribution in [2.45, 2.75) is 32.4 Å². The van der Waals surface area contributed by atoms with Crippen molar-refractivity contribution < 1.29 is 9.53 Å². The highest BCUT2D eigenvalue weighted by Crippen LogP contribution is 2.22. The number of pyridine rings is 1. The third kappa shape index (κ3) is 4.86. The number of aromatic nitrogens is 3. The van der Waals surface area contributed by atoms with E-state index in [2.05, 4.69) is 46.7 Å². The van der Waals surface area contributed by atoms with Crippen molar-refractivity contribution in [3.8, 4) is 16.9 Å². The van der Waals surface area contributed by atoms with Gasteiger partial charge in [-0.15, -0.1) is 0 Å². The van der Waals surface area contributed by atoms with Crippen molar-refractivity contribution in [2.24, 2.45) is 7.05 Å². The maximum Gasteiger partial charge on any atom is 0.255 e. The fourth-order valence-corrected chi connectivity index (χ4v) is 3.70. The number of benzene rings is 1. The van der Waals surface area contributed by atoms with E-state index in [9.17, 15) is 4.79 Å². The number of nitrogen functional groups attached to an aromatic ring is 1. The minimum absolute atomic E-state index is 0.00213. The van der Waals surface area contributed by atoms with Gasteiger partial charge >= 0.3 is 0 Å². The summed E-state index contributed by atoms with van der Waals surface area (Å²) >= 11 is 0. The molecule has 4 rings (SSSR count). The molecule has 0 bridgehead atoms. The maximum absolute atomic E-state index is 12.9. The molecule has 1 fully saturated rings. The summed E-state index contributed by atoms with van der Waals surface area (Å²) in [6, 6.07) is 8.04. The lowest BCUT2D eigenvalue weighted by Gasteiger charge is -2.15. The van der Waals surface area contributed by atoms with Gasteiger partial charge in [0.15, 0.2) is 0 Å². The van der Waals surface area contributed by atoms with Gasteiger partial charge in [-0.05, 0) is 49.6 Å². The Bertz CT molecular complexity index is 1090. The van der Waals surface area contributed by atoms with Crippen LogP contribution in [0.1, 0.15) is 27.9 Å². The number of hydrogen-bond donors (Lipinski definition) is 3. The SMILES string of the molecule is Cc1ccc(OC[C@@H]2C[C@H](NC(=O)c3cc(-c4cnn(C)c4)cnc3N)CN2)cc1C. The first-order valence-corrected chi connectivity index (χ1v) is 10.4. The number of carbonyl (C=O) groups excluding carboxylic acids is 1. The average Bonchev–Trinajstić information content (AvgIpc) is 3.38. The van der Waals surface area contributed by atoms with Crippen molar-refractivity contribution in [2.75, 3.05) is 18.9 Å². The number of nitrogens with two attached hydrogens (primary N) is 1. The maximum atomic E-state index is 12.9. The number of rotatable bonds is 6. The van der Waals surface area contributed by atoms with Crippen LogP contribution in [0.4, 0.5) is 5.82 Å². The van der Waals surface area contributed by atoms with Gasteiger partial charge in [-0.2, -0.15) is 5.10 Å². The summed E-state index contributed by atoms with van der Waals surface area (Å²) < 4.78 is 7.64. The highest BCUT2D eigenvalue weighted by Gasteiger charge is 2.27. The predicted octanol–water partition coefficient (Wildman–Crippen LogP) is 2.22. The van der Waals surface area contributed by atoms with E-state index in [1.165, 1.54) is 11.1 Å². The molecule has 3 heterocycles. The fourth-order valence-electron chi connectivity index (χ4n) is 3.70. The quantitative estimate of drug-likeness (QED) is 0.565. The predicted molar refractivity (Wildman–Crippen MR) is 120 cm³/mol. The Morgan fingerprint density at radius 3 is 2.84 bits per heavy atom. The molecule has 0 radical (unpaired) electrons. The number of aryl methyl sites for hydroxylation is 3. The van der Waals surface area contributed by atoms with Crippen LogP contribution in [0.25, 0.3) is 11.1 Å². The van der Waals surface area contributed by atoms with Crippen molar-refractivity contribution in [1.82, 2.24) is 25.4 Å². The zero-order chi connectivity index (χ0) is 22.0. The zero-order valence-electron chi connectivity index (χ0n) is 18.1. The van der Waals surface area contributed by atoms with Gasteiger partial charge < -0.3 is 21.1 Å². The monoisotopic (exact) mass is 420 g/mol. The van der Waals surface area contributed by atoms with Crippen LogP contribution >= 0.6 is 0 Å². The van der Waals surface area contributed by atoms with E-state index in [-0.39, 0.29) is 23.8 Å². The molecular weight excluding hydrogens is 392 g/mol. The molecule has 3 aromatic rings. The lowest BCUT2D eigenvalue weighted by atomic mass is 10.1. The van der Waals surface area contributed by atoms with Crippen LogP contribution < -0.4 is 21.1 Å². The summed E-state index contributed by atoms with van der Waals surface area (Å²) in [4.78, 5) is 17.1. The van der Waals surface area contributed by atoms with Crippen LogP contribution in [0.3, 0.4) is 0 Å². The van der Waals surface area contributed by atoms with E-state index >= 15 is 0 Å². The van der Waals surface area contributed by atoms with Gasteiger partial charge in [0.25, 0.3) is 5.91 Å². The summed E-state index contributed by atoms with van der Waals surface area (Å²) in [7, 11) is 1.84. The molecule has 8 heteroatoms. The molecule has 1 amide bonds. The molecule has 2 atom stereocenters. The Labute approximate surface area is 181 Å². The van der Waals surface area contributed by atoms with Gasteiger partial charge in [0.1, 0.15) is 18.2 Å². The Morgan fingerprint density at radius 1 is 1.26 bits per heavy atom. The molecule has 1 aliphatic rings. The second-order valence-corrected chi connectivity index (χ2v) is 8.13. The van der Waals surface area contributed by atoms with Crippen molar-refractivity contribution in [3.63, 3.8) is 0 Å². The van der Waals surface area contributed by atoms with Gasteiger partial charge in [-0.25, -0.2) is 4.98 Å². The third-order valence-electron chi connectivity index (χ3n) is 5.69. The highest BCUT2D eigenvalue weighted by atomic mass is 16.5. The molecule has 0 unspecified atom stereocenters. The molecule has 0 saturated carbocycles. The van der Waals surface area contributed by atoms with E-state index in [1.807, 2.05) is 19.3 Å². The summed E-state index contributed by atoms with van der Waals surface area (Å²) in [5, 5.41) is 10.7. The third-order valence-corrected chi connectivity index (χ3v) is 5.69. The number of ether oxygens (including phenoxy) is 1. The first kappa shape index (κ1) is 20.9. The molecule has 1 saturated heterocycles. The summed E-state index contributed by atoms with van der Waals surface area (Å²) in [5.41, 5.74) is 10.5. The minimum Gasteiger partial charge on any atom is -0.492 e. The van der Waals surface area contributed by atoms with E-state index < -0.39 is 0 Å². The van der Waals surface area contributed by atoms with Crippen LogP contribution in [0.5, 0.6) is 5.75 Å². The minimum atomic E-state index is -0.224. The van der Waals surface area contributed by atoms with Gasteiger partial charge in [-0.1, -0.05) is 6.07 Å². The second-order valence-electron chi connectivity index (χ2n) is 8.13. The number of anilines is 1.